The number of carbonyl (C=O) groups is 1. The van der Waals surface area contributed by atoms with Gasteiger partial charge in [-0.2, -0.15) is 0 Å². The number of methoxy groups -OCH3 is 1. The first kappa shape index (κ1) is 24.0. The van der Waals surface area contributed by atoms with Crippen molar-refractivity contribution >= 4 is 33.7 Å². The largest absolute Gasteiger partial charge is 0.478 e. The number of anilines is 1. The second-order valence-electron chi connectivity index (χ2n) is 9.21. The number of aliphatic carboxylic acids is 1. The van der Waals surface area contributed by atoms with E-state index >= 15 is 0 Å². The second kappa shape index (κ2) is 10.1. The van der Waals surface area contributed by atoms with Gasteiger partial charge in [0.1, 0.15) is 17.1 Å². The molecule has 0 amide bonds. The number of benzene rings is 2. The number of carboxylic acids is 1. The van der Waals surface area contributed by atoms with Crippen LogP contribution in [0, 0.1) is 0 Å². The molecule has 188 valence electrons. The average molecular weight is 490 g/mol. The van der Waals surface area contributed by atoms with E-state index in [-0.39, 0.29) is 0 Å². The first-order chi connectivity index (χ1) is 17.5. The highest BCUT2D eigenvalue weighted by Gasteiger charge is 2.53. The van der Waals surface area contributed by atoms with Gasteiger partial charge in [-0.3, -0.25) is 0 Å². The number of nitrogens with two attached hydrogens (primary N) is 1. The summed E-state index contributed by atoms with van der Waals surface area (Å²) in [4.78, 5) is 20.8. The number of pyridine rings is 1. The first-order valence-electron chi connectivity index (χ1n) is 12.2. The third kappa shape index (κ3) is 4.84. The molecule has 0 atom stereocenters. The molecule has 36 heavy (non-hydrogen) atoms. The molecule has 2 heterocycles. The number of aryl methyl sites for hydroxylation is 1. The van der Waals surface area contributed by atoms with Crippen molar-refractivity contribution in [1.82, 2.24) is 19.9 Å². The third-order valence-electron chi connectivity index (χ3n) is 6.59. The van der Waals surface area contributed by atoms with Gasteiger partial charge in [0, 0.05) is 44.8 Å². The van der Waals surface area contributed by atoms with Crippen LogP contribution in [0.25, 0.3) is 21.9 Å². The van der Waals surface area contributed by atoms with Crippen molar-refractivity contribution < 1.29 is 19.4 Å². The summed E-state index contributed by atoms with van der Waals surface area (Å²) in [6, 6.07) is 15.6. The summed E-state index contributed by atoms with van der Waals surface area (Å²) in [5.41, 5.74) is 8.89. The van der Waals surface area contributed by atoms with Crippen molar-refractivity contribution in [2.75, 3.05) is 26.0 Å². The maximum Gasteiger partial charge on any atom is 0.348 e. The van der Waals surface area contributed by atoms with Crippen LogP contribution in [0.15, 0.2) is 48.5 Å². The third-order valence-corrected chi connectivity index (χ3v) is 6.59. The van der Waals surface area contributed by atoms with Gasteiger partial charge < -0.3 is 30.2 Å². The van der Waals surface area contributed by atoms with Crippen LogP contribution < -0.4 is 15.8 Å². The molecule has 5 rings (SSSR count). The van der Waals surface area contributed by atoms with Crippen LogP contribution in [0.2, 0.25) is 0 Å². The van der Waals surface area contributed by atoms with Crippen molar-refractivity contribution in [2.45, 2.75) is 44.4 Å². The number of nitrogen functional groups attached to an aromatic ring is 1. The predicted molar refractivity (Wildman–Crippen MR) is 138 cm³/mol. The lowest BCUT2D eigenvalue weighted by Gasteiger charge is -2.14. The number of hydrogen-bond acceptors (Lipinski definition) is 7. The molecular formula is C27H31N5O4. The summed E-state index contributed by atoms with van der Waals surface area (Å²) in [5.74, 6) is 1.08. The molecule has 4 N–H and O–H groups in total. The van der Waals surface area contributed by atoms with Crippen LogP contribution in [-0.4, -0.2) is 51.5 Å². The lowest BCUT2D eigenvalue weighted by Crippen LogP contribution is -2.29. The number of nitrogens with zero attached hydrogens (tertiary/aromatic N) is 3. The number of carboxylic acid groups (broad SMARTS) is 1. The van der Waals surface area contributed by atoms with Gasteiger partial charge >= 0.3 is 5.97 Å². The molecule has 0 bridgehead atoms. The number of para-hydroxylation sites is 1. The molecule has 0 saturated heterocycles. The summed E-state index contributed by atoms with van der Waals surface area (Å²) in [6.45, 7) is 2.82. The Balaban J connectivity index is 1.26. The molecule has 1 aliphatic carbocycles. The Labute approximate surface area is 209 Å². The van der Waals surface area contributed by atoms with Crippen LogP contribution in [0.1, 0.15) is 30.7 Å². The molecule has 9 nitrogen and oxygen atoms in total. The minimum absolute atomic E-state index is 0.442. The Bertz CT molecular complexity index is 1400. The quantitative estimate of drug-likeness (QED) is 0.258. The zero-order valence-corrected chi connectivity index (χ0v) is 20.4. The van der Waals surface area contributed by atoms with Crippen LogP contribution >= 0.6 is 0 Å². The Morgan fingerprint density at radius 1 is 1.19 bits per heavy atom. The van der Waals surface area contributed by atoms with Crippen molar-refractivity contribution in [1.29, 1.82) is 0 Å². The number of rotatable bonds is 12. The zero-order chi connectivity index (χ0) is 25.1. The van der Waals surface area contributed by atoms with Gasteiger partial charge in [-0.05, 0) is 36.7 Å². The molecule has 0 unspecified atom stereocenters. The second-order valence-corrected chi connectivity index (χ2v) is 9.21. The number of ether oxygens (including phenoxy) is 2. The zero-order valence-electron chi connectivity index (χ0n) is 20.4. The van der Waals surface area contributed by atoms with Crippen LogP contribution in [0.5, 0.6) is 5.75 Å². The lowest BCUT2D eigenvalue weighted by atomic mass is 10.2. The van der Waals surface area contributed by atoms with E-state index in [1.165, 1.54) is 0 Å². The first-order valence-corrected chi connectivity index (χ1v) is 12.2. The van der Waals surface area contributed by atoms with Crippen LogP contribution in [0.4, 0.5) is 5.82 Å². The van der Waals surface area contributed by atoms with Gasteiger partial charge in [0.2, 0.25) is 5.60 Å². The van der Waals surface area contributed by atoms with E-state index in [4.69, 9.17) is 20.2 Å². The minimum atomic E-state index is -1.04. The predicted octanol–water partition coefficient (Wildman–Crippen LogP) is 3.53. The van der Waals surface area contributed by atoms with E-state index in [1.807, 2.05) is 42.5 Å². The minimum Gasteiger partial charge on any atom is -0.478 e. The summed E-state index contributed by atoms with van der Waals surface area (Å²) >= 11 is 0. The summed E-state index contributed by atoms with van der Waals surface area (Å²) in [5, 5.41) is 13.9. The molecule has 9 heteroatoms. The molecule has 2 aromatic heterocycles. The highest BCUT2D eigenvalue weighted by atomic mass is 16.5. The molecule has 0 aliphatic heterocycles. The summed E-state index contributed by atoms with van der Waals surface area (Å²) < 4.78 is 13.3. The molecule has 2 aromatic carbocycles. The SMILES string of the molecule is COCCc1nc2c(N)nc3ccccc3c2n1CCCNCc1cccc(OC2(C(=O)O)CC2)c1. The maximum atomic E-state index is 11.4. The van der Waals surface area contributed by atoms with E-state index in [1.54, 1.807) is 7.11 Å². The Hall–Kier alpha value is -3.69. The molecule has 0 radical (unpaired) electrons. The molecule has 1 fully saturated rings. The van der Waals surface area contributed by atoms with E-state index < -0.39 is 11.6 Å². The number of imidazole rings is 1. The lowest BCUT2D eigenvalue weighted by molar-refractivity contribution is -0.147. The molecule has 1 aliphatic rings. The standard InChI is InChI=1S/C27H31N5O4/c1-35-15-10-22-31-23-24(20-8-2-3-9-21(20)30-25(23)28)32(22)14-5-13-29-17-18-6-4-7-19(16-18)36-27(11-12-27)26(33)34/h2-4,6-9,16,29H,5,10-15,17H2,1H3,(H2,28,30)(H,33,34). The van der Waals surface area contributed by atoms with Crippen molar-refractivity contribution in [3.63, 3.8) is 0 Å². The molecule has 4 aromatic rings. The Kier molecular flexibility index (Phi) is 6.75. The highest BCUT2D eigenvalue weighted by molar-refractivity contribution is 6.06. The van der Waals surface area contributed by atoms with Crippen molar-refractivity contribution in [3.05, 3.63) is 59.9 Å². The fourth-order valence-electron chi connectivity index (χ4n) is 4.54. The molecular weight excluding hydrogens is 458 g/mol. The molecule has 0 spiro atoms. The van der Waals surface area contributed by atoms with Gasteiger partial charge in [0.15, 0.2) is 5.82 Å². The maximum absolute atomic E-state index is 11.4. The number of hydrogen-bond donors (Lipinski definition) is 3. The topological polar surface area (TPSA) is 125 Å². The van der Waals surface area contributed by atoms with E-state index in [9.17, 15) is 9.90 Å². The van der Waals surface area contributed by atoms with Gasteiger partial charge in [-0.1, -0.05) is 30.3 Å². The van der Waals surface area contributed by atoms with Crippen LogP contribution in [0.3, 0.4) is 0 Å². The number of fused-ring (bicyclic) bond motifs is 3. The monoisotopic (exact) mass is 489 g/mol. The normalized spacial score (nSPS) is 14.4. The van der Waals surface area contributed by atoms with Gasteiger partial charge in [0.25, 0.3) is 0 Å². The van der Waals surface area contributed by atoms with Crippen molar-refractivity contribution in [3.8, 4) is 5.75 Å². The van der Waals surface area contributed by atoms with Gasteiger partial charge in [-0.15, -0.1) is 0 Å². The van der Waals surface area contributed by atoms with Crippen molar-refractivity contribution in [2.24, 2.45) is 0 Å². The van der Waals surface area contributed by atoms with Crippen LogP contribution in [-0.2, 0) is 29.0 Å². The average Bonchev–Trinajstić information content (AvgIpc) is 3.56. The van der Waals surface area contributed by atoms with Gasteiger partial charge in [0.05, 0.1) is 17.6 Å². The Morgan fingerprint density at radius 2 is 2.03 bits per heavy atom. The fraction of sp³-hybridized carbons (Fsp3) is 0.370. The number of nitrogens with one attached hydrogen (secondary N) is 1. The number of aromatic nitrogens is 3. The van der Waals surface area contributed by atoms with E-state index in [0.29, 0.717) is 44.0 Å². The smallest absolute Gasteiger partial charge is 0.348 e. The Morgan fingerprint density at radius 3 is 2.81 bits per heavy atom. The van der Waals surface area contributed by atoms with E-state index in [2.05, 4.69) is 20.9 Å². The molecule has 1 saturated carbocycles. The summed E-state index contributed by atoms with van der Waals surface area (Å²) in [7, 11) is 1.69. The highest BCUT2D eigenvalue weighted by Crippen LogP contribution is 2.40. The summed E-state index contributed by atoms with van der Waals surface area (Å²) in [6.07, 6.45) is 2.69. The fourth-order valence-corrected chi connectivity index (χ4v) is 4.54. The van der Waals surface area contributed by atoms with E-state index in [0.717, 1.165) is 52.8 Å². The van der Waals surface area contributed by atoms with Gasteiger partial charge in [-0.25, -0.2) is 14.8 Å².